The molecule has 0 amide bonds. The zero-order valence-electron chi connectivity index (χ0n) is 73.4. The number of hydrogen-bond donors (Lipinski definition) is 0. The third-order valence-corrected chi connectivity index (χ3v) is 30.9. The molecule has 0 spiro atoms. The minimum atomic E-state index is -3.16. The first-order chi connectivity index (χ1) is 57.3. The highest BCUT2D eigenvalue weighted by Crippen LogP contribution is 2.52. The van der Waals surface area contributed by atoms with Crippen LogP contribution in [-0.4, -0.2) is 19.4 Å². The fraction of sp³-hybridized carbons (Fsp3) is 0.217. The van der Waals surface area contributed by atoms with Crippen LogP contribution in [0.4, 0.5) is 34.1 Å². The average molecular weight is 1580 g/mol. The third kappa shape index (κ3) is 13.7. The van der Waals surface area contributed by atoms with Gasteiger partial charge in [-0.05, 0) is 220 Å². The smallest absolute Gasteiger partial charge is 0.252 e. The molecule has 0 bridgehead atoms. The Morgan fingerprint density at radius 3 is 0.900 bits per heavy atom. The summed E-state index contributed by atoms with van der Waals surface area (Å²) in [6, 6.07) is 137. The van der Waals surface area contributed by atoms with E-state index in [1.807, 2.05) is 0 Å². The molecule has 3 nitrogen and oxygen atoms in total. The van der Waals surface area contributed by atoms with Gasteiger partial charge in [-0.3, -0.25) is 0 Å². The van der Waals surface area contributed by atoms with E-state index in [0.29, 0.717) is 0 Å². The molecule has 18 rings (SSSR count). The second kappa shape index (κ2) is 29.5. The van der Waals surface area contributed by atoms with Crippen LogP contribution >= 0.6 is 0 Å². The quantitative estimate of drug-likeness (QED) is 0.0842. The van der Waals surface area contributed by atoms with Crippen LogP contribution in [0.25, 0.3) is 49.7 Å². The molecular formula is C115H112BN3Si. The highest BCUT2D eigenvalue weighted by atomic mass is 28.3. The summed E-state index contributed by atoms with van der Waals surface area (Å²) in [6.07, 6.45) is 0. The zero-order valence-corrected chi connectivity index (χ0v) is 74.4. The molecule has 0 N–H and O–H groups in total. The van der Waals surface area contributed by atoms with Gasteiger partial charge >= 0.3 is 0 Å². The second-order valence-corrected chi connectivity index (χ2v) is 44.1. The molecule has 0 fully saturated rings. The lowest BCUT2D eigenvalue weighted by atomic mass is 9.33. The van der Waals surface area contributed by atoms with Crippen molar-refractivity contribution >= 4 is 108 Å². The zero-order chi connectivity index (χ0) is 83.8. The molecule has 0 atom stereocenters. The molecule has 0 saturated carbocycles. The molecule has 15 aromatic carbocycles. The van der Waals surface area contributed by atoms with Crippen LogP contribution in [0, 0.1) is 0 Å². The summed E-state index contributed by atoms with van der Waals surface area (Å²) in [4.78, 5) is 5.42. The van der Waals surface area contributed by atoms with Gasteiger partial charge < -0.3 is 14.4 Å². The summed E-state index contributed by atoms with van der Waals surface area (Å²) >= 11 is 0. The second-order valence-electron chi connectivity index (χ2n) is 40.2. The first kappa shape index (κ1) is 79.1. The van der Waals surface area contributed by atoms with Crippen LogP contribution < -0.4 is 46.9 Å². The van der Waals surface area contributed by atoms with E-state index < -0.39 is 13.5 Å². The summed E-state index contributed by atoms with van der Waals surface area (Å²) < 4.78 is 2.62. The summed E-state index contributed by atoms with van der Waals surface area (Å²) in [5.74, 6) is 0. The van der Waals surface area contributed by atoms with Crippen LogP contribution in [0.15, 0.2) is 352 Å². The van der Waals surface area contributed by atoms with E-state index in [1.165, 1.54) is 120 Å². The number of anilines is 6. The first-order valence-corrected chi connectivity index (χ1v) is 45.3. The Kier molecular flexibility index (Phi) is 19.4. The van der Waals surface area contributed by atoms with Crippen molar-refractivity contribution in [1.82, 2.24) is 4.57 Å². The fourth-order valence-corrected chi connectivity index (χ4v) is 24.2. The highest BCUT2D eigenvalue weighted by Gasteiger charge is 2.48. The predicted molar refractivity (Wildman–Crippen MR) is 520 cm³/mol. The van der Waals surface area contributed by atoms with Crippen LogP contribution in [0.2, 0.25) is 0 Å². The van der Waals surface area contributed by atoms with E-state index in [9.17, 15) is 0 Å². The third-order valence-electron chi connectivity index (χ3n) is 26.1. The van der Waals surface area contributed by atoms with Gasteiger partial charge in [-0.2, -0.15) is 0 Å². The maximum Gasteiger partial charge on any atom is 0.252 e. The SMILES string of the molecule is CC(C)(C)c1cc(-c2ccc3c(c2)N(c2cccc(C(c4ccccc4)(c4ccccc4)c4ccccc4)c2)c2cc(-n4c5ccc(C(C)(C)C)cc5c5cc(C(C)(C)C)ccc54)cc4c2B3c2ccc(-c3cc(C(C)(C)C)cc(C(C)(C)C)c3)cc2N4c2cccc([Si](c3ccccc3)(c3ccccc3)c3ccccc3)c2)cc(C(C)(C)C)c1. The van der Waals surface area contributed by atoms with Gasteiger partial charge in [-0.15, -0.1) is 0 Å². The van der Waals surface area contributed by atoms with Gasteiger partial charge in [-0.25, -0.2) is 0 Å². The van der Waals surface area contributed by atoms with Gasteiger partial charge in [0.1, 0.15) is 0 Å². The summed E-state index contributed by atoms with van der Waals surface area (Å²) in [5.41, 5.74) is 29.8. The molecule has 594 valence electrons. The Hall–Kier alpha value is -12.0. The van der Waals surface area contributed by atoms with Gasteiger partial charge in [0.15, 0.2) is 8.07 Å². The number of nitrogens with zero attached hydrogens (tertiary/aromatic N) is 3. The molecule has 0 unspecified atom stereocenters. The summed E-state index contributed by atoms with van der Waals surface area (Å²) in [5, 5.41) is 7.77. The highest BCUT2D eigenvalue weighted by molar-refractivity contribution is 7.20. The number of benzene rings is 15. The van der Waals surface area contributed by atoms with Crippen LogP contribution in [0.1, 0.15) is 180 Å². The maximum atomic E-state index is 2.72. The number of fused-ring (bicyclic) bond motifs is 7. The number of hydrogen-bond acceptors (Lipinski definition) is 2. The van der Waals surface area contributed by atoms with Crippen LogP contribution in [0.5, 0.6) is 0 Å². The number of rotatable bonds is 13. The minimum absolute atomic E-state index is 0.107. The van der Waals surface area contributed by atoms with Gasteiger partial charge in [0, 0.05) is 44.9 Å². The molecule has 120 heavy (non-hydrogen) atoms. The fourth-order valence-electron chi connectivity index (χ4n) is 19.5. The first-order valence-electron chi connectivity index (χ1n) is 43.3. The van der Waals surface area contributed by atoms with Crippen LogP contribution in [0.3, 0.4) is 0 Å². The lowest BCUT2D eigenvalue weighted by Crippen LogP contribution is -2.74. The Bertz CT molecular complexity index is 5920. The lowest BCUT2D eigenvalue weighted by Gasteiger charge is -2.45. The van der Waals surface area contributed by atoms with Crippen molar-refractivity contribution in [3.63, 3.8) is 0 Å². The van der Waals surface area contributed by atoms with Crippen molar-refractivity contribution in [3.05, 3.63) is 407 Å². The molecule has 3 heterocycles. The predicted octanol–water partition coefficient (Wildman–Crippen LogP) is 25.7. The molecular weight excluding hydrogens is 1460 g/mol. The van der Waals surface area contributed by atoms with E-state index in [-0.39, 0.29) is 39.2 Å². The van der Waals surface area contributed by atoms with Gasteiger partial charge in [0.05, 0.1) is 22.1 Å². The maximum absolute atomic E-state index is 3.16. The average Bonchev–Trinajstić information content (AvgIpc) is 0.726. The van der Waals surface area contributed by atoms with Crippen molar-refractivity contribution < 1.29 is 0 Å². The van der Waals surface area contributed by atoms with Gasteiger partial charge in [-0.1, -0.05) is 404 Å². The molecule has 2 aliphatic rings. The molecule has 1 aromatic heterocycles. The monoisotopic (exact) mass is 1570 g/mol. The van der Waals surface area contributed by atoms with Crippen molar-refractivity contribution in [3.8, 4) is 27.9 Å². The molecule has 16 aromatic rings. The number of aromatic nitrogens is 1. The Morgan fingerprint density at radius 1 is 0.217 bits per heavy atom. The van der Waals surface area contributed by atoms with E-state index in [4.69, 9.17) is 0 Å². The van der Waals surface area contributed by atoms with Crippen LogP contribution in [-0.2, 0) is 37.9 Å². The molecule has 2 aliphatic heterocycles. The largest absolute Gasteiger partial charge is 0.311 e. The standard InChI is InChI=1S/C115H112BN3Si/c1-109(2,3)84-57-61-102-98(72-84)99-73-85(110(4,5)6)58-62-103(99)119(102)93-75-106-108-107(76-93)118(92-47-38-54-97(74-92)120(94-48-31-22-32-49-94,95-50-33-23-34-51-95)96-52-35-24-36-53-96)105-68-78(80-65-89(113(13,14)15)70-90(66-80)114(16,17)18)56-60-101(105)116(108)100-59-55-77(79-63-87(111(7,8)9)69-88(64-79)112(10,11)12)67-104(100)117(106)91-46-37-45-86(71-91)115(81-39-25-19-26-40-81,82-41-27-20-28-42-82)83-43-29-21-30-44-83/h19-76H,1-18H3. The topological polar surface area (TPSA) is 11.4 Å². The van der Waals surface area contributed by atoms with Crippen molar-refractivity contribution in [2.45, 2.75) is 163 Å². The Balaban J connectivity index is 1.02. The molecule has 5 heteroatoms. The van der Waals surface area contributed by atoms with Crippen molar-refractivity contribution in [2.24, 2.45) is 0 Å². The van der Waals surface area contributed by atoms with E-state index in [2.05, 4.69) is 491 Å². The molecule has 0 radical (unpaired) electrons. The van der Waals surface area contributed by atoms with E-state index in [1.54, 1.807) is 0 Å². The molecule has 0 aliphatic carbocycles. The minimum Gasteiger partial charge on any atom is -0.311 e. The van der Waals surface area contributed by atoms with Crippen molar-refractivity contribution in [2.75, 3.05) is 9.80 Å². The normalized spacial score (nSPS) is 13.4. The Morgan fingerprint density at radius 2 is 0.542 bits per heavy atom. The van der Waals surface area contributed by atoms with Crippen molar-refractivity contribution in [1.29, 1.82) is 0 Å². The summed E-state index contributed by atoms with van der Waals surface area (Å²) in [6.45, 7) is 42.2. The van der Waals surface area contributed by atoms with E-state index >= 15 is 0 Å². The Labute approximate surface area is 715 Å². The van der Waals surface area contributed by atoms with Gasteiger partial charge in [0.2, 0.25) is 0 Å². The molecule has 0 saturated heterocycles. The van der Waals surface area contributed by atoms with Gasteiger partial charge in [0.25, 0.3) is 6.71 Å². The summed E-state index contributed by atoms with van der Waals surface area (Å²) in [7, 11) is -3.16. The van der Waals surface area contributed by atoms with E-state index in [0.717, 1.165) is 56.4 Å². The lowest BCUT2D eigenvalue weighted by molar-refractivity contribution is 0.568.